The van der Waals surface area contributed by atoms with Gasteiger partial charge in [-0.3, -0.25) is 4.79 Å². The molecule has 0 aromatic heterocycles. The molecule has 4 heteroatoms. The van der Waals surface area contributed by atoms with E-state index in [9.17, 15) is 4.79 Å². The molecule has 0 bridgehead atoms. The van der Waals surface area contributed by atoms with Crippen LogP contribution in [0.1, 0.15) is 18.9 Å². The first-order chi connectivity index (χ1) is 8.77. The Morgan fingerprint density at radius 2 is 2.22 bits per heavy atom. The standard InChI is InChI=1S/C14H21N3O/c1-3-12-14(18)16-8-9-17(12)13-7-5-4-6-11(13)10-15-2/h4-7,12,15H,3,8-10H2,1-2H3,(H,16,18). The number of carbonyl (C=O) groups is 1. The van der Waals surface area contributed by atoms with Gasteiger partial charge in [-0.1, -0.05) is 25.1 Å². The third-order valence-electron chi connectivity index (χ3n) is 3.39. The molecule has 2 N–H and O–H groups in total. The average molecular weight is 247 g/mol. The molecular weight excluding hydrogens is 226 g/mol. The van der Waals surface area contributed by atoms with Gasteiger partial charge in [0.25, 0.3) is 0 Å². The van der Waals surface area contributed by atoms with E-state index >= 15 is 0 Å². The smallest absolute Gasteiger partial charge is 0.242 e. The average Bonchev–Trinajstić information content (AvgIpc) is 2.39. The molecule has 1 aliphatic rings. The molecular formula is C14H21N3O. The van der Waals surface area contributed by atoms with Crippen molar-refractivity contribution in [3.8, 4) is 0 Å². The topological polar surface area (TPSA) is 44.4 Å². The van der Waals surface area contributed by atoms with Gasteiger partial charge in [0, 0.05) is 25.3 Å². The van der Waals surface area contributed by atoms with Crippen LogP contribution in [0.5, 0.6) is 0 Å². The molecule has 2 rings (SSSR count). The number of nitrogens with zero attached hydrogens (tertiary/aromatic N) is 1. The van der Waals surface area contributed by atoms with E-state index < -0.39 is 0 Å². The lowest BCUT2D eigenvalue weighted by atomic mass is 10.1. The van der Waals surface area contributed by atoms with Gasteiger partial charge in [-0.2, -0.15) is 0 Å². The normalized spacial score (nSPS) is 19.8. The Morgan fingerprint density at radius 3 is 2.94 bits per heavy atom. The molecule has 0 aliphatic carbocycles. The van der Waals surface area contributed by atoms with E-state index in [0.717, 1.165) is 26.1 Å². The summed E-state index contributed by atoms with van der Waals surface area (Å²) in [5.74, 6) is 0.142. The Morgan fingerprint density at radius 1 is 1.44 bits per heavy atom. The Labute approximate surface area is 108 Å². The van der Waals surface area contributed by atoms with Gasteiger partial charge in [-0.15, -0.1) is 0 Å². The number of rotatable bonds is 4. The molecule has 0 spiro atoms. The Balaban J connectivity index is 2.31. The van der Waals surface area contributed by atoms with Crippen LogP contribution in [-0.4, -0.2) is 32.1 Å². The van der Waals surface area contributed by atoms with Crippen LogP contribution in [0.25, 0.3) is 0 Å². The van der Waals surface area contributed by atoms with Crippen molar-refractivity contribution < 1.29 is 4.79 Å². The molecule has 98 valence electrons. The minimum absolute atomic E-state index is 0.0447. The molecule has 4 nitrogen and oxygen atoms in total. The van der Waals surface area contributed by atoms with E-state index in [-0.39, 0.29) is 11.9 Å². The predicted octanol–water partition coefficient (Wildman–Crippen LogP) is 1.12. The van der Waals surface area contributed by atoms with Gasteiger partial charge in [0.1, 0.15) is 6.04 Å². The summed E-state index contributed by atoms with van der Waals surface area (Å²) in [7, 11) is 1.94. The molecule has 1 aromatic rings. The lowest BCUT2D eigenvalue weighted by Gasteiger charge is -2.37. The molecule has 1 fully saturated rings. The van der Waals surface area contributed by atoms with Crippen molar-refractivity contribution in [1.29, 1.82) is 0 Å². The Hall–Kier alpha value is -1.55. The van der Waals surface area contributed by atoms with Crippen molar-refractivity contribution in [3.63, 3.8) is 0 Å². The molecule has 1 aromatic carbocycles. The quantitative estimate of drug-likeness (QED) is 0.838. The maximum absolute atomic E-state index is 11.9. The minimum Gasteiger partial charge on any atom is -0.357 e. The molecule has 18 heavy (non-hydrogen) atoms. The zero-order chi connectivity index (χ0) is 13.0. The fraction of sp³-hybridized carbons (Fsp3) is 0.500. The summed E-state index contributed by atoms with van der Waals surface area (Å²) in [6.45, 7) is 4.49. The number of nitrogens with one attached hydrogen (secondary N) is 2. The van der Waals surface area contributed by atoms with Gasteiger partial charge in [0.15, 0.2) is 0 Å². The molecule has 1 aliphatic heterocycles. The van der Waals surface area contributed by atoms with Crippen LogP contribution in [-0.2, 0) is 11.3 Å². The third kappa shape index (κ3) is 2.48. The summed E-state index contributed by atoms with van der Waals surface area (Å²) in [5, 5.41) is 6.12. The highest BCUT2D eigenvalue weighted by molar-refractivity contribution is 5.86. The summed E-state index contributed by atoms with van der Waals surface area (Å²) in [6.07, 6.45) is 0.833. The van der Waals surface area contributed by atoms with Gasteiger partial charge in [-0.25, -0.2) is 0 Å². The largest absolute Gasteiger partial charge is 0.357 e. The summed E-state index contributed by atoms with van der Waals surface area (Å²) in [6, 6.07) is 8.25. The highest BCUT2D eigenvalue weighted by Crippen LogP contribution is 2.24. The maximum atomic E-state index is 11.9. The zero-order valence-corrected chi connectivity index (χ0v) is 11.1. The third-order valence-corrected chi connectivity index (χ3v) is 3.39. The first-order valence-electron chi connectivity index (χ1n) is 6.54. The van der Waals surface area contributed by atoms with Crippen molar-refractivity contribution in [2.24, 2.45) is 0 Å². The number of para-hydroxylation sites is 1. The van der Waals surface area contributed by atoms with Crippen LogP contribution < -0.4 is 15.5 Å². The van der Waals surface area contributed by atoms with Crippen LogP contribution >= 0.6 is 0 Å². The molecule has 1 heterocycles. The summed E-state index contributed by atoms with van der Waals surface area (Å²) in [4.78, 5) is 14.1. The van der Waals surface area contributed by atoms with Crippen molar-refractivity contribution in [3.05, 3.63) is 29.8 Å². The second-order valence-corrected chi connectivity index (χ2v) is 4.57. The van der Waals surface area contributed by atoms with Crippen molar-refractivity contribution in [2.75, 3.05) is 25.0 Å². The fourth-order valence-corrected chi connectivity index (χ4v) is 2.54. The second kappa shape index (κ2) is 5.87. The lowest BCUT2D eigenvalue weighted by Crippen LogP contribution is -2.55. The van der Waals surface area contributed by atoms with E-state index in [4.69, 9.17) is 0 Å². The van der Waals surface area contributed by atoms with E-state index in [1.54, 1.807) is 0 Å². The zero-order valence-electron chi connectivity index (χ0n) is 11.1. The van der Waals surface area contributed by atoms with Crippen LogP contribution in [0.4, 0.5) is 5.69 Å². The van der Waals surface area contributed by atoms with Gasteiger partial charge in [0.05, 0.1) is 0 Å². The highest BCUT2D eigenvalue weighted by Gasteiger charge is 2.29. The molecule has 1 unspecified atom stereocenters. The van der Waals surface area contributed by atoms with Gasteiger partial charge in [0.2, 0.25) is 5.91 Å². The number of amides is 1. The van der Waals surface area contributed by atoms with Gasteiger partial charge in [-0.05, 0) is 25.1 Å². The van der Waals surface area contributed by atoms with Gasteiger partial charge < -0.3 is 15.5 Å². The van der Waals surface area contributed by atoms with Crippen LogP contribution in [0, 0.1) is 0 Å². The first kappa shape index (κ1) is 12.9. The van der Waals surface area contributed by atoms with E-state index in [1.807, 2.05) is 19.2 Å². The minimum atomic E-state index is -0.0447. The van der Waals surface area contributed by atoms with Crippen LogP contribution in [0.2, 0.25) is 0 Å². The number of piperazine rings is 1. The van der Waals surface area contributed by atoms with E-state index in [2.05, 4.69) is 34.6 Å². The van der Waals surface area contributed by atoms with Gasteiger partial charge >= 0.3 is 0 Å². The summed E-state index contributed by atoms with van der Waals surface area (Å²) >= 11 is 0. The monoisotopic (exact) mass is 247 g/mol. The Bertz CT molecular complexity index is 419. The number of anilines is 1. The molecule has 0 radical (unpaired) electrons. The second-order valence-electron chi connectivity index (χ2n) is 4.57. The van der Waals surface area contributed by atoms with E-state index in [1.165, 1.54) is 11.3 Å². The van der Waals surface area contributed by atoms with Crippen molar-refractivity contribution >= 4 is 11.6 Å². The molecule has 0 saturated carbocycles. The molecule has 1 amide bonds. The summed E-state index contributed by atoms with van der Waals surface area (Å²) in [5.41, 5.74) is 2.42. The summed E-state index contributed by atoms with van der Waals surface area (Å²) < 4.78 is 0. The van der Waals surface area contributed by atoms with Crippen LogP contribution in [0.3, 0.4) is 0 Å². The van der Waals surface area contributed by atoms with Crippen molar-refractivity contribution in [1.82, 2.24) is 10.6 Å². The highest BCUT2D eigenvalue weighted by atomic mass is 16.2. The number of carbonyl (C=O) groups excluding carboxylic acids is 1. The number of benzene rings is 1. The molecule has 1 atom stereocenters. The first-order valence-corrected chi connectivity index (χ1v) is 6.54. The maximum Gasteiger partial charge on any atom is 0.242 e. The number of hydrogen-bond acceptors (Lipinski definition) is 3. The predicted molar refractivity (Wildman–Crippen MR) is 73.6 cm³/mol. The molecule has 1 saturated heterocycles. The van der Waals surface area contributed by atoms with Crippen LogP contribution in [0.15, 0.2) is 24.3 Å². The fourth-order valence-electron chi connectivity index (χ4n) is 2.54. The lowest BCUT2D eigenvalue weighted by molar-refractivity contribution is -0.123. The SMILES string of the molecule is CCC1C(=O)NCCN1c1ccccc1CNC. The number of hydrogen-bond donors (Lipinski definition) is 2. The van der Waals surface area contributed by atoms with E-state index in [0.29, 0.717) is 0 Å². The Kier molecular flexibility index (Phi) is 4.20. The van der Waals surface area contributed by atoms with Crippen molar-refractivity contribution in [2.45, 2.75) is 25.9 Å².